The Labute approximate surface area is 123 Å². The largest absolute Gasteiger partial charge is 0.456 e. The molecule has 0 saturated heterocycles. The van der Waals surface area contributed by atoms with E-state index in [0.717, 1.165) is 0 Å². The molecule has 1 rings (SSSR count). The number of rotatable bonds is 3. The first kappa shape index (κ1) is 15.9. The highest BCUT2D eigenvalue weighted by molar-refractivity contribution is 6.48. The van der Waals surface area contributed by atoms with Gasteiger partial charge in [0.05, 0.1) is 0 Å². The SMILES string of the molecule is CC(C)(C)OC(=O)/C(C#N)=C/C=C(\Cl)c1cccnc1. The van der Waals surface area contributed by atoms with Gasteiger partial charge in [0.15, 0.2) is 0 Å². The molecule has 0 amide bonds. The summed E-state index contributed by atoms with van der Waals surface area (Å²) in [7, 11) is 0. The third-order valence-electron chi connectivity index (χ3n) is 2.07. The second-order valence-electron chi connectivity index (χ2n) is 4.95. The molecular weight excluding hydrogens is 276 g/mol. The predicted octanol–water partition coefficient (Wildman–Crippen LogP) is 3.45. The number of hydrogen-bond donors (Lipinski definition) is 0. The molecule has 0 radical (unpaired) electrons. The van der Waals surface area contributed by atoms with Gasteiger partial charge in [-0.25, -0.2) is 4.79 Å². The van der Waals surface area contributed by atoms with E-state index >= 15 is 0 Å². The average molecular weight is 291 g/mol. The summed E-state index contributed by atoms with van der Waals surface area (Å²) in [6, 6.07) is 5.32. The van der Waals surface area contributed by atoms with Crippen LogP contribution in [0.15, 0.2) is 42.3 Å². The summed E-state index contributed by atoms with van der Waals surface area (Å²) in [5.74, 6) is -0.674. The van der Waals surface area contributed by atoms with Crippen LogP contribution in [0.2, 0.25) is 0 Å². The minimum atomic E-state index is -0.674. The van der Waals surface area contributed by atoms with Gasteiger partial charge in [-0.1, -0.05) is 17.7 Å². The van der Waals surface area contributed by atoms with E-state index in [4.69, 9.17) is 21.6 Å². The first-order valence-electron chi connectivity index (χ1n) is 5.95. The molecule has 1 aromatic rings. The van der Waals surface area contributed by atoms with Gasteiger partial charge >= 0.3 is 5.97 Å². The summed E-state index contributed by atoms with van der Waals surface area (Å²) in [6.07, 6.45) is 6.03. The van der Waals surface area contributed by atoms with Gasteiger partial charge in [0.2, 0.25) is 0 Å². The summed E-state index contributed by atoms with van der Waals surface area (Å²) in [4.78, 5) is 15.7. The lowest BCUT2D eigenvalue weighted by atomic mass is 10.2. The van der Waals surface area contributed by atoms with Gasteiger partial charge in [-0.2, -0.15) is 5.26 Å². The molecular formula is C15H15ClN2O2. The number of aromatic nitrogens is 1. The summed E-state index contributed by atoms with van der Waals surface area (Å²) in [5, 5.41) is 9.36. The quantitative estimate of drug-likeness (QED) is 0.370. The number of nitriles is 1. The van der Waals surface area contributed by atoms with Crippen LogP contribution in [-0.2, 0) is 9.53 Å². The molecule has 1 aromatic heterocycles. The van der Waals surface area contributed by atoms with Crippen molar-refractivity contribution in [1.29, 1.82) is 5.26 Å². The molecule has 0 fully saturated rings. The summed E-state index contributed by atoms with van der Waals surface area (Å²) in [6.45, 7) is 5.20. The minimum Gasteiger partial charge on any atom is -0.456 e. The average Bonchev–Trinajstić information content (AvgIpc) is 2.38. The van der Waals surface area contributed by atoms with Crippen molar-refractivity contribution < 1.29 is 9.53 Å². The number of halogens is 1. The third-order valence-corrected chi connectivity index (χ3v) is 2.42. The topological polar surface area (TPSA) is 63.0 Å². The van der Waals surface area contributed by atoms with Crippen LogP contribution in [0.1, 0.15) is 26.3 Å². The van der Waals surface area contributed by atoms with Crippen LogP contribution < -0.4 is 0 Å². The van der Waals surface area contributed by atoms with Gasteiger partial charge in [-0.3, -0.25) is 4.98 Å². The highest BCUT2D eigenvalue weighted by Gasteiger charge is 2.19. The van der Waals surface area contributed by atoms with Gasteiger partial charge < -0.3 is 4.74 Å². The maximum Gasteiger partial charge on any atom is 0.349 e. The molecule has 0 aliphatic rings. The fraction of sp³-hybridized carbons (Fsp3) is 0.267. The fourth-order valence-electron chi connectivity index (χ4n) is 1.24. The van der Waals surface area contributed by atoms with Gasteiger partial charge in [0, 0.05) is 23.0 Å². The van der Waals surface area contributed by atoms with Crippen LogP contribution in [0.3, 0.4) is 0 Å². The molecule has 0 spiro atoms. The molecule has 0 bridgehead atoms. The number of carbonyl (C=O) groups excluding carboxylic acids is 1. The molecule has 0 unspecified atom stereocenters. The second-order valence-corrected chi connectivity index (χ2v) is 5.36. The molecule has 0 atom stereocenters. The monoisotopic (exact) mass is 290 g/mol. The molecule has 1 heterocycles. The Balaban J connectivity index is 2.91. The third kappa shape index (κ3) is 5.25. The Morgan fingerprint density at radius 1 is 1.45 bits per heavy atom. The van der Waals surface area contributed by atoms with Gasteiger partial charge in [0.25, 0.3) is 0 Å². The summed E-state index contributed by atoms with van der Waals surface area (Å²) < 4.78 is 5.11. The molecule has 4 nitrogen and oxygen atoms in total. The van der Waals surface area contributed by atoms with Crippen LogP contribution >= 0.6 is 11.6 Å². The zero-order chi connectivity index (χ0) is 15.2. The van der Waals surface area contributed by atoms with Crippen molar-refractivity contribution in [2.24, 2.45) is 0 Å². The standard InChI is InChI=1S/C15H15ClN2O2/c1-15(2,3)20-14(19)11(9-17)6-7-13(16)12-5-4-8-18-10-12/h4-8,10H,1-3H3/b11-6+,13-7-. The maximum absolute atomic E-state index is 11.7. The van der Waals surface area contributed by atoms with E-state index in [-0.39, 0.29) is 5.57 Å². The lowest BCUT2D eigenvalue weighted by Crippen LogP contribution is -2.24. The van der Waals surface area contributed by atoms with Crippen molar-refractivity contribution in [2.75, 3.05) is 0 Å². The zero-order valence-corrected chi connectivity index (χ0v) is 12.3. The van der Waals surface area contributed by atoms with Crippen LogP contribution in [0.4, 0.5) is 0 Å². The van der Waals surface area contributed by atoms with Crippen LogP contribution in [-0.4, -0.2) is 16.6 Å². The number of ether oxygens (including phenoxy) is 1. The predicted molar refractivity (Wildman–Crippen MR) is 77.6 cm³/mol. The van der Waals surface area contributed by atoms with E-state index in [1.165, 1.54) is 12.2 Å². The Morgan fingerprint density at radius 2 is 2.15 bits per heavy atom. The van der Waals surface area contributed by atoms with E-state index in [9.17, 15) is 4.79 Å². The lowest BCUT2D eigenvalue weighted by Gasteiger charge is -2.18. The summed E-state index contributed by atoms with van der Waals surface area (Å²) in [5.41, 5.74) is -0.0574. The van der Waals surface area contributed by atoms with Gasteiger partial charge in [-0.15, -0.1) is 0 Å². The Bertz CT molecular complexity index is 578. The molecule has 0 aliphatic carbocycles. The highest BCUT2D eigenvalue weighted by atomic mass is 35.5. The van der Waals surface area contributed by atoms with E-state index < -0.39 is 11.6 Å². The lowest BCUT2D eigenvalue weighted by molar-refractivity contribution is -0.149. The molecule has 5 heteroatoms. The fourth-order valence-corrected chi connectivity index (χ4v) is 1.42. The van der Waals surface area contributed by atoms with Crippen LogP contribution in [0.25, 0.3) is 5.03 Å². The Hall–Kier alpha value is -2.12. The number of nitrogens with zero attached hydrogens (tertiary/aromatic N) is 2. The van der Waals surface area contributed by atoms with Gasteiger partial charge in [0.1, 0.15) is 17.2 Å². The van der Waals surface area contributed by atoms with E-state index in [1.54, 1.807) is 51.4 Å². The number of esters is 1. The highest BCUT2D eigenvalue weighted by Crippen LogP contribution is 2.18. The van der Waals surface area contributed by atoms with Crippen molar-refractivity contribution in [3.63, 3.8) is 0 Å². The first-order chi connectivity index (χ1) is 9.33. The smallest absolute Gasteiger partial charge is 0.349 e. The molecule has 104 valence electrons. The molecule has 0 aromatic carbocycles. The Kier molecular flexibility index (Phi) is 5.48. The van der Waals surface area contributed by atoms with Crippen LogP contribution in [0.5, 0.6) is 0 Å². The number of pyridine rings is 1. The van der Waals surface area contributed by atoms with Crippen LogP contribution in [0, 0.1) is 11.3 Å². The van der Waals surface area contributed by atoms with Crippen molar-refractivity contribution in [2.45, 2.75) is 26.4 Å². The molecule has 20 heavy (non-hydrogen) atoms. The molecule has 0 aliphatic heterocycles. The van der Waals surface area contributed by atoms with E-state index in [0.29, 0.717) is 10.6 Å². The van der Waals surface area contributed by atoms with Crippen molar-refractivity contribution in [1.82, 2.24) is 4.98 Å². The van der Waals surface area contributed by atoms with Crippen molar-refractivity contribution in [3.8, 4) is 6.07 Å². The van der Waals surface area contributed by atoms with Crippen molar-refractivity contribution in [3.05, 3.63) is 47.8 Å². The number of allylic oxidation sites excluding steroid dienone is 2. The van der Waals surface area contributed by atoms with E-state index in [2.05, 4.69) is 4.98 Å². The van der Waals surface area contributed by atoms with Crippen molar-refractivity contribution >= 4 is 22.6 Å². The van der Waals surface area contributed by atoms with E-state index in [1.807, 2.05) is 0 Å². The minimum absolute atomic E-state index is 0.109. The summed E-state index contributed by atoms with van der Waals surface area (Å²) >= 11 is 6.06. The first-order valence-corrected chi connectivity index (χ1v) is 6.32. The van der Waals surface area contributed by atoms with Gasteiger partial charge in [-0.05, 0) is 39.0 Å². The Morgan fingerprint density at radius 3 is 2.65 bits per heavy atom. The second kappa shape index (κ2) is 6.88. The number of carbonyl (C=O) groups is 1. The number of hydrogen-bond acceptors (Lipinski definition) is 4. The maximum atomic E-state index is 11.7. The zero-order valence-electron chi connectivity index (χ0n) is 11.6. The normalized spacial score (nSPS) is 12.8. The molecule has 0 N–H and O–H groups in total. The molecule has 0 saturated carbocycles.